The van der Waals surface area contributed by atoms with Crippen molar-refractivity contribution in [3.8, 4) is 0 Å². The molecular formula is C18H29N3O3S. The molecule has 0 saturated carbocycles. The van der Waals surface area contributed by atoms with Crippen LogP contribution in [0.3, 0.4) is 0 Å². The number of nitrogens with zero attached hydrogens (tertiary/aromatic N) is 2. The van der Waals surface area contributed by atoms with Gasteiger partial charge in [0.25, 0.3) is 0 Å². The van der Waals surface area contributed by atoms with E-state index in [9.17, 15) is 13.2 Å². The maximum absolute atomic E-state index is 12.5. The summed E-state index contributed by atoms with van der Waals surface area (Å²) in [7, 11) is -3.43. The number of sulfonamides is 1. The number of benzene rings is 1. The number of hydrogen-bond donors (Lipinski definition) is 1. The van der Waals surface area contributed by atoms with Gasteiger partial charge in [-0.25, -0.2) is 13.2 Å². The van der Waals surface area contributed by atoms with Crippen molar-refractivity contribution in [3.05, 3.63) is 29.8 Å². The molecule has 0 spiro atoms. The average molecular weight is 368 g/mol. The first-order chi connectivity index (χ1) is 11.9. The van der Waals surface area contributed by atoms with E-state index >= 15 is 0 Å². The van der Waals surface area contributed by atoms with Gasteiger partial charge in [0.05, 0.1) is 4.90 Å². The van der Waals surface area contributed by atoms with Crippen LogP contribution in [0.1, 0.15) is 39.2 Å². The normalized spacial score (nSPS) is 16.2. The molecule has 1 heterocycles. The molecule has 0 aromatic heterocycles. The van der Waals surface area contributed by atoms with Crippen LogP contribution in [0.2, 0.25) is 0 Å². The highest BCUT2D eigenvalue weighted by atomic mass is 32.2. The van der Waals surface area contributed by atoms with Gasteiger partial charge in [0.1, 0.15) is 0 Å². The Bertz CT molecular complexity index is 661. The summed E-state index contributed by atoms with van der Waals surface area (Å²) >= 11 is 0. The summed E-state index contributed by atoms with van der Waals surface area (Å²) < 4.78 is 26.3. The van der Waals surface area contributed by atoms with Crippen LogP contribution in [0, 0.1) is 5.92 Å². The van der Waals surface area contributed by atoms with Gasteiger partial charge in [0.15, 0.2) is 0 Å². The van der Waals surface area contributed by atoms with E-state index in [0.717, 1.165) is 31.5 Å². The second kappa shape index (κ2) is 8.67. The molecule has 1 aliphatic heterocycles. The lowest BCUT2D eigenvalue weighted by atomic mass is 10.00. The molecule has 6 nitrogen and oxygen atoms in total. The molecule has 2 rings (SSSR count). The van der Waals surface area contributed by atoms with Gasteiger partial charge in [0, 0.05) is 32.7 Å². The Hall–Kier alpha value is -1.60. The maximum atomic E-state index is 12.5. The van der Waals surface area contributed by atoms with Gasteiger partial charge < -0.3 is 10.2 Å². The molecule has 2 amide bonds. The lowest BCUT2D eigenvalue weighted by Crippen LogP contribution is -2.43. The van der Waals surface area contributed by atoms with Crippen molar-refractivity contribution in [1.29, 1.82) is 0 Å². The number of piperidine rings is 1. The number of urea groups is 1. The number of nitrogens with one attached hydrogen (secondary N) is 1. The molecule has 1 N–H and O–H groups in total. The number of amides is 2. The van der Waals surface area contributed by atoms with Gasteiger partial charge in [-0.2, -0.15) is 4.31 Å². The molecule has 0 aliphatic carbocycles. The highest BCUT2D eigenvalue weighted by Gasteiger charge is 2.22. The molecule has 1 aromatic rings. The smallest absolute Gasteiger partial charge is 0.317 e. The van der Waals surface area contributed by atoms with E-state index in [1.54, 1.807) is 24.3 Å². The standard InChI is InChI=1S/C18H29N3O3S/c1-4-21(5-2)25(23,24)17-8-6-16(7-9-17)14-19-18(22)20-12-10-15(3)11-13-20/h6-9,15H,4-5,10-14H2,1-3H3,(H,19,22). The first-order valence-electron chi connectivity index (χ1n) is 9.00. The highest BCUT2D eigenvalue weighted by Crippen LogP contribution is 2.17. The molecule has 1 aromatic carbocycles. The number of carbonyl (C=O) groups excluding carboxylic acids is 1. The van der Waals surface area contributed by atoms with Gasteiger partial charge in [-0.05, 0) is 36.5 Å². The Labute approximate surface area is 151 Å². The minimum atomic E-state index is -3.43. The molecule has 0 atom stereocenters. The van der Waals surface area contributed by atoms with Crippen LogP contribution in [0.4, 0.5) is 4.79 Å². The summed E-state index contributed by atoms with van der Waals surface area (Å²) in [6, 6.07) is 6.69. The van der Waals surface area contributed by atoms with Crippen molar-refractivity contribution < 1.29 is 13.2 Å². The Balaban J connectivity index is 1.93. The summed E-state index contributed by atoms with van der Waals surface area (Å²) in [5.74, 6) is 0.685. The quantitative estimate of drug-likeness (QED) is 0.840. The Morgan fingerprint density at radius 1 is 1.16 bits per heavy atom. The number of likely N-dealkylation sites (tertiary alicyclic amines) is 1. The number of hydrogen-bond acceptors (Lipinski definition) is 3. The minimum absolute atomic E-state index is 0.0493. The third-order valence-corrected chi connectivity index (χ3v) is 6.85. The van der Waals surface area contributed by atoms with Crippen LogP contribution in [-0.2, 0) is 16.6 Å². The Kier molecular flexibility index (Phi) is 6.84. The lowest BCUT2D eigenvalue weighted by Gasteiger charge is -2.30. The summed E-state index contributed by atoms with van der Waals surface area (Å²) in [4.78, 5) is 14.3. The van der Waals surface area contributed by atoms with Crippen LogP contribution in [0.15, 0.2) is 29.2 Å². The fourth-order valence-electron chi connectivity index (χ4n) is 2.99. The van der Waals surface area contributed by atoms with Crippen LogP contribution >= 0.6 is 0 Å². The highest BCUT2D eigenvalue weighted by molar-refractivity contribution is 7.89. The second-order valence-corrected chi connectivity index (χ2v) is 8.50. The monoisotopic (exact) mass is 367 g/mol. The molecule has 7 heteroatoms. The topological polar surface area (TPSA) is 69.7 Å². The molecule has 0 radical (unpaired) electrons. The van der Waals surface area contributed by atoms with E-state index in [1.807, 2.05) is 18.7 Å². The van der Waals surface area contributed by atoms with Gasteiger partial charge in [-0.1, -0.05) is 32.9 Å². The summed E-state index contributed by atoms with van der Waals surface area (Å²) in [5.41, 5.74) is 0.886. The average Bonchev–Trinajstić information content (AvgIpc) is 2.61. The van der Waals surface area contributed by atoms with E-state index in [-0.39, 0.29) is 10.9 Å². The number of carbonyl (C=O) groups is 1. The van der Waals surface area contributed by atoms with Crippen LogP contribution in [0.25, 0.3) is 0 Å². The lowest BCUT2D eigenvalue weighted by molar-refractivity contribution is 0.173. The molecule has 140 valence electrons. The van der Waals surface area contributed by atoms with Crippen molar-refractivity contribution in [3.63, 3.8) is 0 Å². The van der Waals surface area contributed by atoms with Crippen molar-refractivity contribution in [2.45, 2.75) is 45.1 Å². The van der Waals surface area contributed by atoms with Crippen LogP contribution in [0.5, 0.6) is 0 Å². The molecule has 1 aliphatic rings. The summed E-state index contributed by atoms with van der Waals surface area (Å²) in [6.07, 6.45) is 2.09. The zero-order chi connectivity index (χ0) is 18.4. The number of rotatable bonds is 6. The molecule has 25 heavy (non-hydrogen) atoms. The second-order valence-electron chi connectivity index (χ2n) is 6.56. The third kappa shape index (κ3) is 4.95. The molecule has 1 saturated heterocycles. The fraction of sp³-hybridized carbons (Fsp3) is 0.611. The Morgan fingerprint density at radius 2 is 1.72 bits per heavy atom. The zero-order valence-electron chi connectivity index (χ0n) is 15.4. The predicted octanol–water partition coefficient (Wildman–Crippen LogP) is 2.66. The van der Waals surface area contributed by atoms with Crippen molar-refractivity contribution >= 4 is 16.1 Å². The van der Waals surface area contributed by atoms with E-state index in [2.05, 4.69) is 12.2 Å². The van der Waals surface area contributed by atoms with Crippen molar-refractivity contribution in [2.24, 2.45) is 5.92 Å². The fourth-order valence-corrected chi connectivity index (χ4v) is 4.45. The van der Waals surface area contributed by atoms with E-state index in [4.69, 9.17) is 0 Å². The van der Waals surface area contributed by atoms with E-state index in [0.29, 0.717) is 25.6 Å². The zero-order valence-corrected chi connectivity index (χ0v) is 16.2. The van der Waals surface area contributed by atoms with Gasteiger partial charge in [0.2, 0.25) is 10.0 Å². The molecule has 1 fully saturated rings. The van der Waals surface area contributed by atoms with E-state index in [1.165, 1.54) is 4.31 Å². The third-order valence-electron chi connectivity index (χ3n) is 4.78. The van der Waals surface area contributed by atoms with Crippen LogP contribution in [-0.4, -0.2) is 49.8 Å². The van der Waals surface area contributed by atoms with Crippen molar-refractivity contribution in [1.82, 2.24) is 14.5 Å². The predicted molar refractivity (Wildman–Crippen MR) is 98.8 cm³/mol. The first kappa shape index (κ1) is 19.7. The largest absolute Gasteiger partial charge is 0.334 e. The molecule has 0 bridgehead atoms. The molecular weight excluding hydrogens is 338 g/mol. The molecule has 0 unspecified atom stereocenters. The van der Waals surface area contributed by atoms with Crippen molar-refractivity contribution in [2.75, 3.05) is 26.2 Å². The van der Waals surface area contributed by atoms with Gasteiger partial charge in [-0.3, -0.25) is 0 Å². The maximum Gasteiger partial charge on any atom is 0.317 e. The minimum Gasteiger partial charge on any atom is -0.334 e. The van der Waals surface area contributed by atoms with Gasteiger partial charge in [-0.15, -0.1) is 0 Å². The van der Waals surface area contributed by atoms with E-state index < -0.39 is 10.0 Å². The SMILES string of the molecule is CCN(CC)S(=O)(=O)c1ccc(CNC(=O)N2CCC(C)CC2)cc1. The van der Waals surface area contributed by atoms with Gasteiger partial charge >= 0.3 is 6.03 Å². The van der Waals surface area contributed by atoms with Crippen LogP contribution < -0.4 is 5.32 Å². The first-order valence-corrected chi connectivity index (χ1v) is 10.4. The Morgan fingerprint density at radius 3 is 2.24 bits per heavy atom. The summed E-state index contributed by atoms with van der Waals surface area (Å²) in [5, 5.41) is 2.91. The summed E-state index contributed by atoms with van der Waals surface area (Å²) in [6.45, 7) is 8.76.